The molecule has 0 amide bonds. The van der Waals surface area contributed by atoms with E-state index >= 15 is 0 Å². The fourth-order valence-electron chi connectivity index (χ4n) is 1.60. The van der Waals surface area contributed by atoms with E-state index in [0.29, 0.717) is 6.42 Å². The van der Waals surface area contributed by atoms with Crippen LogP contribution < -0.4 is 11.2 Å². The molecule has 80 valence electrons. The first kappa shape index (κ1) is 9.95. The van der Waals surface area contributed by atoms with Crippen molar-refractivity contribution in [2.24, 2.45) is 10.7 Å². The van der Waals surface area contributed by atoms with Crippen molar-refractivity contribution in [2.75, 3.05) is 6.61 Å². The quantitative estimate of drug-likeness (QED) is 0.655. The highest BCUT2D eigenvalue weighted by molar-refractivity contribution is 5.78. The smallest absolute Gasteiger partial charge is 0.216 e. The third-order valence-corrected chi connectivity index (χ3v) is 2.30. The van der Waals surface area contributed by atoms with Crippen LogP contribution in [0.25, 0.3) is 0 Å². The molecule has 1 unspecified atom stereocenters. The van der Waals surface area contributed by atoms with Gasteiger partial charge in [-0.2, -0.15) is 0 Å². The lowest BCUT2D eigenvalue weighted by Crippen LogP contribution is -2.30. The monoisotopic (exact) mass is 207 g/mol. The molecule has 1 aromatic rings. The number of guanidine groups is 1. The summed E-state index contributed by atoms with van der Waals surface area (Å²) < 4.78 is 0. The maximum Gasteiger partial charge on any atom is 0.216 e. The Bertz CT molecular complexity index is 366. The highest BCUT2D eigenvalue weighted by atomic mass is 16.7. The van der Waals surface area contributed by atoms with Crippen molar-refractivity contribution in [3.63, 3.8) is 0 Å². The lowest BCUT2D eigenvalue weighted by atomic mass is 10.0. The molecule has 1 aliphatic rings. The zero-order valence-corrected chi connectivity index (χ0v) is 8.18. The van der Waals surface area contributed by atoms with Crippen LogP contribution in [-0.2, 0) is 10.6 Å². The van der Waals surface area contributed by atoms with Crippen LogP contribution in [0.1, 0.15) is 12.0 Å². The maximum atomic E-state index is 9.02. The SMILES string of the molecule is NC1=NC(CCO)(c2ccccc2)ON1. The van der Waals surface area contributed by atoms with Crippen molar-refractivity contribution in [3.05, 3.63) is 35.9 Å². The van der Waals surface area contributed by atoms with Crippen LogP contribution in [0.3, 0.4) is 0 Å². The van der Waals surface area contributed by atoms with Gasteiger partial charge in [-0.1, -0.05) is 30.3 Å². The van der Waals surface area contributed by atoms with Crippen LogP contribution in [0.5, 0.6) is 0 Å². The molecule has 15 heavy (non-hydrogen) atoms. The van der Waals surface area contributed by atoms with E-state index in [-0.39, 0.29) is 12.6 Å². The third kappa shape index (κ3) is 1.79. The van der Waals surface area contributed by atoms with Crippen LogP contribution in [0, 0.1) is 0 Å². The summed E-state index contributed by atoms with van der Waals surface area (Å²) in [5, 5.41) is 9.02. The molecule has 1 aliphatic heterocycles. The normalized spacial score (nSPS) is 24.7. The predicted octanol–water partition coefficient (Wildman–Crippen LogP) is 0.0713. The molecule has 1 aromatic carbocycles. The van der Waals surface area contributed by atoms with E-state index in [1.165, 1.54) is 0 Å². The van der Waals surface area contributed by atoms with Gasteiger partial charge in [0.1, 0.15) is 0 Å². The fraction of sp³-hybridized carbons (Fsp3) is 0.300. The summed E-state index contributed by atoms with van der Waals surface area (Å²) in [6, 6.07) is 9.47. The number of hydrogen-bond donors (Lipinski definition) is 3. The number of nitrogens with one attached hydrogen (secondary N) is 1. The summed E-state index contributed by atoms with van der Waals surface area (Å²) >= 11 is 0. The summed E-state index contributed by atoms with van der Waals surface area (Å²) in [4.78, 5) is 9.52. The second kappa shape index (κ2) is 3.88. The number of nitrogens with two attached hydrogens (primary N) is 1. The van der Waals surface area contributed by atoms with Crippen molar-refractivity contribution >= 4 is 5.96 Å². The lowest BCUT2D eigenvalue weighted by Gasteiger charge is -2.23. The highest BCUT2D eigenvalue weighted by Crippen LogP contribution is 2.32. The summed E-state index contributed by atoms with van der Waals surface area (Å²) in [7, 11) is 0. The van der Waals surface area contributed by atoms with Gasteiger partial charge >= 0.3 is 0 Å². The molecule has 0 spiro atoms. The van der Waals surface area contributed by atoms with E-state index in [1.807, 2.05) is 30.3 Å². The number of aliphatic imine (C=N–C) groups is 1. The standard InChI is InChI=1S/C10H13N3O2/c11-9-12-10(6-7-14,15-13-9)8-4-2-1-3-5-8/h1-5,14H,6-7H2,(H3,11,12,13). The van der Waals surface area contributed by atoms with Crippen LogP contribution in [0.15, 0.2) is 35.3 Å². The second-order valence-electron chi connectivity index (χ2n) is 3.33. The molecule has 1 heterocycles. The van der Waals surface area contributed by atoms with Gasteiger partial charge in [0.2, 0.25) is 11.7 Å². The summed E-state index contributed by atoms with van der Waals surface area (Å²) in [5.74, 6) is 0.229. The van der Waals surface area contributed by atoms with E-state index < -0.39 is 5.72 Å². The Hall–Kier alpha value is -1.59. The average Bonchev–Trinajstić information content (AvgIpc) is 2.63. The summed E-state index contributed by atoms with van der Waals surface area (Å²) in [5.41, 5.74) is 8.00. The molecule has 0 bridgehead atoms. The van der Waals surface area contributed by atoms with E-state index in [2.05, 4.69) is 10.5 Å². The highest BCUT2D eigenvalue weighted by Gasteiger charge is 2.37. The number of aliphatic hydroxyl groups is 1. The Labute approximate surface area is 87.5 Å². The number of hydrogen-bond acceptors (Lipinski definition) is 5. The van der Waals surface area contributed by atoms with Crippen molar-refractivity contribution in [1.29, 1.82) is 0 Å². The lowest BCUT2D eigenvalue weighted by molar-refractivity contribution is -0.0727. The first-order valence-electron chi connectivity index (χ1n) is 4.72. The molecule has 4 N–H and O–H groups in total. The van der Waals surface area contributed by atoms with Gasteiger partial charge in [-0.15, -0.1) is 0 Å². The van der Waals surface area contributed by atoms with Gasteiger partial charge in [0, 0.05) is 18.6 Å². The molecule has 0 saturated carbocycles. The number of hydroxylamine groups is 1. The van der Waals surface area contributed by atoms with Crippen LogP contribution >= 0.6 is 0 Å². The van der Waals surface area contributed by atoms with Crippen molar-refractivity contribution in [2.45, 2.75) is 12.1 Å². The van der Waals surface area contributed by atoms with Crippen molar-refractivity contribution in [1.82, 2.24) is 5.48 Å². The minimum atomic E-state index is -0.889. The molecular formula is C10H13N3O2. The molecular weight excluding hydrogens is 194 g/mol. The Morgan fingerprint density at radius 1 is 1.40 bits per heavy atom. The van der Waals surface area contributed by atoms with Gasteiger partial charge in [-0.3, -0.25) is 0 Å². The maximum absolute atomic E-state index is 9.02. The van der Waals surface area contributed by atoms with E-state index in [4.69, 9.17) is 15.7 Å². The average molecular weight is 207 g/mol. The minimum Gasteiger partial charge on any atom is -0.396 e. The molecule has 0 saturated heterocycles. The Morgan fingerprint density at radius 2 is 2.13 bits per heavy atom. The van der Waals surface area contributed by atoms with Crippen molar-refractivity contribution < 1.29 is 9.94 Å². The van der Waals surface area contributed by atoms with Crippen LogP contribution in [-0.4, -0.2) is 17.7 Å². The van der Waals surface area contributed by atoms with Gasteiger partial charge in [-0.25, -0.2) is 15.3 Å². The molecule has 0 aromatic heterocycles. The largest absolute Gasteiger partial charge is 0.396 e. The van der Waals surface area contributed by atoms with E-state index in [1.54, 1.807) is 0 Å². The van der Waals surface area contributed by atoms with Gasteiger partial charge in [0.25, 0.3) is 0 Å². The molecule has 2 rings (SSSR count). The van der Waals surface area contributed by atoms with Crippen LogP contribution in [0.2, 0.25) is 0 Å². The van der Waals surface area contributed by atoms with Crippen molar-refractivity contribution in [3.8, 4) is 0 Å². The van der Waals surface area contributed by atoms with E-state index in [0.717, 1.165) is 5.56 Å². The zero-order chi connectivity index (χ0) is 10.7. The Morgan fingerprint density at radius 3 is 2.67 bits per heavy atom. The van der Waals surface area contributed by atoms with Gasteiger partial charge in [0.15, 0.2) is 0 Å². The van der Waals surface area contributed by atoms with Gasteiger partial charge in [0.05, 0.1) is 0 Å². The van der Waals surface area contributed by atoms with Crippen LogP contribution in [0.4, 0.5) is 0 Å². The van der Waals surface area contributed by atoms with E-state index in [9.17, 15) is 0 Å². The number of nitrogens with zero attached hydrogens (tertiary/aromatic N) is 1. The first-order chi connectivity index (χ1) is 7.27. The summed E-state index contributed by atoms with van der Waals surface area (Å²) in [6.45, 7) is -0.0205. The molecule has 0 fully saturated rings. The number of benzene rings is 1. The van der Waals surface area contributed by atoms with Gasteiger partial charge in [-0.05, 0) is 0 Å². The van der Waals surface area contributed by atoms with Gasteiger partial charge < -0.3 is 10.8 Å². The topological polar surface area (TPSA) is 79.9 Å². The molecule has 5 heteroatoms. The number of aliphatic hydroxyl groups excluding tert-OH is 1. The first-order valence-corrected chi connectivity index (χ1v) is 4.72. The minimum absolute atomic E-state index is 0.0205. The molecule has 0 radical (unpaired) electrons. The molecule has 1 atom stereocenters. The molecule has 5 nitrogen and oxygen atoms in total. The Balaban J connectivity index is 2.36. The predicted molar refractivity (Wildman–Crippen MR) is 55.7 cm³/mol. The third-order valence-electron chi connectivity index (χ3n) is 2.30. The molecule has 0 aliphatic carbocycles. The number of rotatable bonds is 3. The summed E-state index contributed by atoms with van der Waals surface area (Å²) in [6.07, 6.45) is 0.366. The second-order valence-corrected chi connectivity index (χ2v) is 3.33. The fourth-order valence-corrected chi connectivity index (χ4v) is 1.60. The zero-order valence-electron chi connectivity index (χ0n) is 8.18. The Kier molecular flexibility index (Phi) is 2.57.